The minimum atomic E-state index is -4.34. The number of hydrogen-bond donors (Lipinski definition) is 1. The number of alkyl halides is 3. The Hall–Kier alpha value is -1.54. The largest absolute Gasteiger partial charge is 0.398 e. The third-order valence-corrected chi connectivity index (χ3v) is 3.77. The van der Waals surface area contributed by atoms with E-state index in [4.69, 9.17) is 5.11 Å². The summed E-state index contributed by atoms with van der Waals surface area (Å²) in [5, 5.41) is 9.23. The molecular weight excluding hydrogens is 305 g/mol. The van der Waals surface area contributed by atoms with Gasteiger partial charge in [0.1, 0.15) is 0 Å². The predicted octanol–water partition coefficient (Wildman–Crippen LogP) is 2.43. The molecule has 0 spiro atoms. The zero-order valence-electron chi connectivity index (χ0n) is 10.9. The number of aliphatic hydroxyl groups excluding tert-OH is 1. The van der Waals surface area contributed by atoms with Gasteiger partial charge in [-0.3, -0.25) is 9.36 Å². The summed E-state index contributed by atoms with van der Waals surface area (Å²) in [5.41, 5.74) is -0.0221. The molecule has 0 bridgehead atoms. The lowest BCUT2D eigenvalue weighted by molar-refractivity contribution is -0.105. The van der Waals surface area contributed by atoms with Gasteiger partial charge in [-0.25, -0.2) is 4.98 Å². The van der Waals surface area contributed by atoms with E-state index in [-0.39, 0.29) is 24.7 Å². The molecule has 8 heteroatoms. The minimum absolute atomic E-state index is 0.0180. The lowest BCUT2D eigenvalue weighted by Crippen LogP contribution is -2.24. The quantitative estimate of drug-likeness (QED) is 0.679. The summed E-state index contributed by atoms with van der Waals surface area (Å²) < 4.78 is 38.3. The Balaban J connectivity index is 2.47. The number of aliphatic hydroxyl groups is 1. The van der Waals surface area contributed by atoms with Crippen LogP contribution in [0.25, 0.3) is 10.9 Å². The number of aromatic nitrogens is 2. The summed E-state index contributed by atoms with van der Waals surface area (Å²) in [5.74, 6) is -1.11. The van der Waals surface area contributed by atoms with E-state index in [1.54, 1.807) is 24.3 Å². The normalized spacial score (nSPS) is 12.0. The maximum absolute atomic E-state index is 12.4. The Morgan fingerprint density at radius 2 is 2.00 bits per heavy atom. The van der Waals surface area contributed by atoms with Crippen LogP contribution in [0.4, 0.5) is 13.2 Å². The number of nitrogens with zero attached hydrogens (tertiary/aromatic N) is 2. The maximum atomic E-state index is 12.4. The molecule has 0 unspecified atom stereocenters. The van der Waals surface area contributed by atoms with Crippen LogP contribution < -0.4 is 5.56 Å². The Morgan fingerprint density at radius 3 is 2.67 bits per heavy atom. The average Bonchev–Trinajstić information content (AvgIpc) is 2.43. The van der Waals surface area contributed by atoms with Crippen molar-refractivity contribution in [3.8, 4) is 0 Å². The maximum Gasteiger partial charge on any atom is 0.398 e. The second-order valence-electron chi connectivity index (χ2n) is 4.35. The zero-order valence-corrected chi connectivity index (χ0v) is 11.7. The molecule has 1 heterocycles. The van der Waals surface area contributed by atoms with E-state index < -0.39 is 17.5 Å². The van der Waals surface area contributed by atoms with Crippen LogP contribution in [0.3, 0.4) is 0 Å². The van der Waals surface area contributed by atoms with Gasteiger partial charge in [-0.1, -0.05) is 23.9 Å². The summed E-state index contributed by atoms with van der Waals surface area (Å²) in [4.78, 5) is 16.5. The first kappa shape index (κ1) is 15.8. The van der Waals surface area contributed by atoms with Crippen LogP contribution in [0.15, 0.2) is 34.2 Å². The number of thioether (sulfide) groups is 1. The van der Waals surface area contributed by atoms with Crippen molar-refractivity contribution in [1.82, 2.24) is 9.55 Å². The number of halogens is 3. The fourth-order valence-corrected chi connectivity index (χ4v) is 2.62. The smallest absolute Gasteiger partial charge is 0.396 e. The lowest BCUT2D eigenvalue weighted by atomic mass is 10.2. The first-order valence-electron chi connectivity index (χ1n) is 6.22. The van der Waals surface area contributed by atoms with Gasteiger partial charge >= 0.3 is 6.18 Å². The van der Waals surface area contributed by atoms with Gasteiger partial charge in [0, 0.05) is 13.2 Å². The van der Waals surface area contributed by atoms with E-state index in [0.29, 0.717) is 22.7 Å². The molecule has 0 aliphatic carbocycles. The molecule has 114 valence electrons. The van der Waals surface area contributed by atoms with E-state index in [9.17, 15) is 18.0 Å². The van der Waals surface area contributed by atoms with Crippen LogP contribution in [-0.2, 0) is 6.54 Å². The second kappa shape index (κ2) is 6.48. The van der Waals surface area contributed by atoms with Gasteiger partial charge in [0.25, 0.3) is 5.56 Å². The zero-order chi connectivity index (χ0) is 15.5. The van der Waals surface area contributed by atoms with Crippen molar-refractivity contribution in [2.45, 2.75) is 24.3 Å². The SMILES string of the molecule is O=c1c2ccccc2nc(SCC(F)(F)F)n1CCCO. The fourth-order valence-electron chi connectivity index (χ4n) is 1.83. The Kier molecular flexibility index (Phi) is 4.89. The monoisotopic (exact) mass is 318 g/mol. The average molecular weight is 318 g/mol. The first-order chi connectivity index (χ1) is 9.92. The highest BCUT2D eigenvalue weighted by Gasteiger charge is 2.28. The minimum Gasteiger partial charge on any atom is -0.396 e. The summed E-state index contributed by atoms with van der Waals surface area (Å²) in [6.45, 7) is -0.0179. The molecular formula is C13H13F3N2O2S. The number of para-hydroxylation sites is 1. The third-order valence-electron chi connectivity index (χ3n) is 2.73. The van der Waals surface area contributed by atoms with Gasteiger partial charge in [-0.15, -0.1) is 0 Å². The summed E-state index contributed by atoms with van der Waals surface area (Å²) in [6.07, 6.45) is -4.06. The highest BCUT2D eigenvalue weighted by molar-refractivity contribution is 7.99. The Morgan fingerprint density at radius 1 is 1.29 bits per heavy atom. The van der Waals surface area contributed by atoms with Gasteiger partial charge in [-0.05, 0) is 18.6 Å². The van der Waals surface area contributed by atoms with E-state index in [2.05, 4.69) is 4.98 Å². The van der Waals surface area contributed by atoms with Crippen molar-refractivity contribution in [3.63, 3.8) is 0 Å². The molecule has 0 radical (unpaired) electrons. The summed E-state index contributed by atoms with van der Waals surface area (Å²) in [7, 11) is 0. The molecule has 1 aromatic heterocycles. The molecule has 0 aliphatic heterocycles. The van der Waals surface area contributed by atoms with Crippen LogP contribution >= 0.6 is 11.8 Å². The van der Waals surface area contributed by atoms with Crippen molar-refractivity contribution < 1.29 is 18.3 Å². The number of fused-ring (bicyclic) bond motifs is 1. The second-order valence-corrected chi connectivity index (χ2v) is 5.29. The van der Waals surface area contributed by atoms with Gasteiger partial charge in [0.05, 0.1) is 16.7 Å². The molecule has 0 saturated carbocycles. The van der Waals surface area contributed by atoms with Crippen LogP contribution in [-0.4, -0.2) is 33.2 Å². The number of rotatable bonds is 5. The van der Waals surface area contributed by atoms with E-state index in [0.717, 1.165) is 0 Å². The number of hydrogen-bond acceptors (Lipinski definition) is 4. The van der Waals surface area contributed by atoms with E-state index >= 15 is 0 Å². The van der Waals surface area contributed by atoms with Crippen molar-refractivity contribution in [2.24, 2.45) is 0 Å². The van der Waals surface area contributed by atoms with Gasteiger partial charge in [-0.2, -0.15) is 13.2 Å². The molecule has 1 N–H and O–H groups in total. The predicted molar refractivity (Wildman–Crippen MR) is 74.5 cm³/mol. The van der Waals surface area contributed by atoms with Crippen molar-refractivity contribution in [1.29, 1.82) is 0 Å². The van der Waals surface area contributed by atoms with Crippen LogP contribution in [0.5, 0.6) is 0 Å². The summed E-state index contributed by atoms with van der Waals surface area (Å²) >= 11 is 0.479. The molecule has 4 nitrogen and oxygen atoms in total. The van der Waals surface area contributed by atoms with E-state index in [1.165, 1.54) is 4.57 Å². The molecule has 21 heavy (non-hydrogen) atoms. The molecule has 0 saturated heterocycles. The van der Waals surface area contributed by atoms with Crippen LogP contribution in [0.1, 0.15) is 6.42 Å². The van der Waals surface area contributed by atoms with Crippen LogP contribution in [0, 0.1) is 0 Å². The standard InChI is InChI=1S/C13H13F3N2O2S/c14-13(15,16)8-21-12-17-10-5-2-1-4-9(10)11(20)18(12)6-3-7-19/h1-2,4-5,19H,3,6-8H2. The highest BCUT2D eigenvalue weighted by Crippen LogP contribution is 2.26. The molecule has 0 amide bonds. The van der Waals surface area contributed by atoms with E-state index in [1.807, 2.05) is 0 Å². The van der Waals surface area contributed by atoms with Crippen molar-refractivity contribution in [2.75, 3.05) is 12.4 Å². The van der Waals surface area contributed by atoms with Crippen molar-refractivity contribution >= 4 is 22.7 Å². The summed E-state index contributed by atoms with van der Waals surface area (Å²) in [6, 6.07) is 6.51. The van der Waals surface area contributed by atoms with Gasteiger partial charge < -0.3 is 5.11 Å². The molecule has 0 fully saturated rings. The topological polar surface area (TPSA) is 55.1 Å². The highest BCUT2D eigenvalue weighted by atomic mass is 32.2. The molecule has 1 aromatic carbocycles. The Bertz CT molecular complexity index is 685. The molecule has 2 rings (SSSR count). The Labute approximate surface area is 122 Å². The molecule has 2 aromatic rings. The number of benzene rings is 1. The first-order valence-corrected chi connectivity index (χ1v) is 7.21. The van der Waals surface area contributed by atoms with Crippen LogP contribution in [0.2, 0.25) is 0 Å². The van der Waals surface area contributed by atoms with Gasteiger partial charge in [0.2, 0.25) is 0 Å². The fraction of sp³-hybridized carbons (Fsp3) is 0.385. The lowest BCUT2D eigenvalue weighted by Gasteiger charge is -2.13. The van der Waals surface area contributed by atoms with Crippen molar-refractivity contribution in [3.05, 3.63) is 34.6 Å². The molecule has 0 atom stereocenters. The van der Waals surface area contributed by atoms with Gasteiger partial charge in [0.15, 0.2) is 5.16 Å². The molecule has 0 aliphatic rings. The third kappa shape index (κ3) is 3.98.